The van der Waals surface area contributed by atoms with E-state index in [0.29, 0.717) is 24.6 Å². The Kier molecular flexibility index (Phi) is 4.80. The maximum absolute atomic E-state index is 11.9. The minimum absolute atomic E-state index is 0.151. The molecule has 0 aliphatic heterocycles. The van der Waals surface area contributed by atoms with Gasteiger partial charge in [-0.3, -0.25) is 4.79 Å². The molecular weight excluding hydrogens is 242 g/mol. The minimum Gasteiger partial charge on any atom is -0.494 e. The van der Waals surface area contributed by atoms with Gasteiger partial charge in [0, 0.05) is 12.1 Å². The van der Waals surface area contributed by atoms with Crippen molar-refractivity contribution in [3.05, 3.63) is 29.8 Å². The monoisotopic (exact) mass is 263 g/mol. The summed E-state index contributed by atoms with van der Waals surface area (Å²) >= 11 is 0. The summed E-state index contributed by atoms with van der Waals surface area (Å²) in [7, 11) is 0. The van der Waals surface area contributed by atoms with Crippen LogP contribution in [0.4, 0.5) is 0 Å². The number of hydrogen-bond donors (Lipinski definition) is 2. The average Bonchev–Trinajstić information content (AvgIpc) is 3.27. The SMILES string of the molecule is CCCOc1ccc(C(=O)NCC(O)C2CC2)cc1. The Bertz CT molecular complexity index is 412. The maximum atomic E-state index is 11.9. The van der Waals surface area contributed by atoms with Crippen molar-refractivity contribution < 1.29 is 14.6 Å². The van der Waals surface area contributed by atoms with Crippen LogP contribution >= 0.6 is 0 Å². The topological polar surface area (TPSA) is 58.6 Å². The summed E-state index contributed by atoms with van der Waals surface area (Å²) in [5, 5.41) is 12.4. The van der Waals surface area contributed by atoms with Crippen LogP contribution in [0.3, 0.4) is 0 Å². The maximum Gasteiger partial charge on any atom is 0.251 e. The number of amides is 1. The van der Waals surface area contributed by atoms with Crippen molar-refractivity contribution in [2.45, 2.75) is 32.3 Å². The molecule has 0 aromatic heterocycles. The highest BCUT2D eigenvalue weighted by Crippen LogP contribution is 2.32. The van der Waals surface area contributed by atoms with Crippen molar-refractivity contribution in [3.63, 3.8) is 0 Å². The van der Waals surface area contributed by atoms with Gasteiger partial charge in [-0.05, 0) is 49.4 Å². The number of aliphatic hydroxyl groups excluding tert-OH is 1. The van der Waals surface area contributed by atoms with Gasteiger partial charge in [-0.2, -0.15) is 0 Å². The van der Waals surface area contributed by atoms with Crippen LogP contribution in [0.25, 0.3) is 0 Å². The van der Waals surface area contributed by atoms with E-state index in [4.69, 9.17) is 4.74 Å². The molecule has 1 aromatic rings. The zero-order chi connectivity index (χ0) is 13.7. The zero-order valence-corrected chi connectivity index (χ0v) is 11.3. The molecule has 4 heteroatoms. The quantitative estimate of drug-likeness (QED) is 0.791. The molecule has 1 fully saturated rings. The molecule has 1 unspecified atom stereocenters. The van der Waals surface area contributed by atoms with Crippen molar-refractivity contribution in [1.29, 1.82) is 0 Å². The van der Waals surface area contributed by atoms with Crippen molar-refractivity contribution in [3.8, 4) is 5.75 Å². The van der Waals surface area contributed by atoms with Gasteiger partial charge in [0.1, 0.15) is 5.75 Å². The van der Waals surface area contributed by atoms with Crippen molar-refractivity contribution >= 4 is 5.91 Å². The fourth-order valence-corrected chi connectivity index (χ4v) is 1.87. The summed E-state index contributed by atoms with van der Waals surface area (Å²) in [6.45, 7) is 3.06. The van der Waals surface area contributed by atoms with E-state index in [0.717, 1.165) is 25.0 Å². The Morgan fingerprint density at radius 2 is 2.11 bits per heavy atom. The van der Waals surface area contributed by atoms with E-state index >= 15 is 0 Å². The van der Waals surface area contributed by atoms with Crippen LogP contribution in [-0.2, 0) is 0 Å². The zero-order valence-electron chi connectivity index (χ0n) is 11.3. The second-order valence-corrected chi connectivity index (χ2v) is 4.99. The number of carbonyl (C=O) groups excluding carboxylic acids is 1. The number of benzene rings is 1. The molecule has 19 heavy (non-hydrogen) atoms. The number of ether oxygens (including phenoxy) is 1. The van der Waals surface area contributed by atoms with Crippen LogP contribution in [0.5, 0.6) is 5.75 Å². The molecule has 0 heterocycles. The van der Waals surface area contributed by atoms with Crippen molar-refractivity contribution in [1.82, 2.24) is 5.32 Å². The van der Waals surface area contributed by atoms with E-state index < -0.39 is 6.10 Å². The summed E-state index contributed by atoms with van der Waals surface area (Å²) in [5.41, 5.74) is 0.590. The predicted octanol–water partition coefficient (Wildman–Crippen LogP) is 1.98. The Balaban J connectivity index is 1.81. The molecule has 104 valence electrons. The Labute approximate surface area is 113 Å². The second kappa shape index (κ2) is 6.57. The van der Waals surface area contributed by atoms with Crippen LogP contribution in [0.15, 0.2) is 24.3 Å². The molecule has 0 saturated heterocycles. The fraction of sp³-hybridized carbons (Fsp3) is 0.533. The number of nitrogens with one attached hydrogen (secondary N) is 1. The summed E-state index contributed by atoms with van der Waals surface area (Å²) in [5.74, 6) is 1.00. The van der Waals surface area contributed by atoms with Crippen LogP contribution in [0.1, 0.15) is 36.5 Å². The fourth-order valence-electron chi connectivity index (χ4n) is 1.87. The van der Waals surface area contributed by atoms with Gasteiger partial charge in [-0.15, -0.1) is 0 Å². The van der Waals surface area contributed by atoms with E-state index in [1.807, 2.05) is 6.92 Å². The first-order valence-electron chi connectivity index (χ1n) is 6.90. The van der Waals surface area contributed by atoms with Gasteiger partial charge in [0.05, 0.1) is 12.7 Å². The summed E-state index contributed by atoms with van der Waals surface area (Å²) in [6.07, 6.45) is 2.69. The van der Waals surface area contributed by atoms with E-state index in [1.165, 1.54) is 0 Å². The predicted molar refractivity (Wildman–Crippen MR) is 73.3 cm³/mol. The van der Waals surface area contributed by atoms with E-state index in [2.05, 4.69) is 5.32 Å². The average molecular weight is 263 g/mol. The minimum atomic E-state index is -0.406. The van der Waals surface area contributed by atoms with Crippen molar-refractivity contribution in [2.75, 3.05) is 13.2 Å². The molecule has 1 aliphatic rings. The molecule has 1 saturated carbocycles. The lowest BCUT2D eigenvalue weighted by Crippen LogP contribution is -2.33. The first kappa shape index (κ1) is 13.9. The van der Waals surface area contributed by atoms with Gasteiger partial charge < -0.3 is 15.2 Å². The molecule has 2 rings (SSSR count). The molecule has 1 aliphatic carbocycles. The first-order chi connectivity index (χ1) is 9.20. The molecular formula is C15H21NO3. The third kappa shape index (κ3) is 4.24. The molecule has 4 nitrogen and oxygen atoms in total. The molecule has 1 atom stereocenters. The van der Waals surface area contributed by atoms with Gasteiger partial charge in [0.25, 0.3) is 5.91 Å². The van der Waals surface area contributed by atoms with Gasteiger partial charge in [-0.25, -0.2) is 0 Å². The number of carbonyl (C=O) groups is 1. The lowest BCUT2D eigenvalue weighted by atomic mass is 10.2. The lowest BCUT2D eigenvalue weighted by Gasteiger charge is -2.11. The summed E-state index contributed by atoms with van der Waals surface area (Å²) in [4.78, 5) is 11.9. The van der Waals surface area contributed by atoms with Crippen LogP contribution in [-0.4, -0.2) is 30.3 Å². The highest BCUT2D eigenvalue weighted by Gasteiger charge is 2.29. The molecule has 1 amide bonds. The number of aliphatic hydroxyl groups is 1. The van der Waals surface area contributed by atoms with Gasteiger partial charge >= 0.3 is 0 Å². The van der Waals surface area contributed by atoms with E-state index in [1.54, 1.807) is 24.3 Å². The number of hydrogen-bond acceptors (Lipinski definition) is 3. The number of rotatable bonds is 7. The first-order valence-corrected chi connectivity index (χ1v) is 6.90. The highest BCUT2D eigenvalue weighted by atomic mass is 16.5. The van der Waals surface area contributed by atoms with Crippen LogP contribution < -0.4 is 10.1 Å². The van der Waals surface area contributed by atoms with E-state index in [-0.39, 0.29) is 5.91 Å². The second-order valence-electron chi connectivity index (χ2n) is 4.99. The standard InChI is InChI=1S/C15H21NO3/c1-2-9-19-13-7-5-12(6-8-13)15(18)16-10-14(17)11-3-4-11/h5-8,11,14,17H,2-4,9-10H2,1H3,(H,16,18). The molecule has 2 N–H and O–H groups in total. The highest BCUT2D eigenvalue weighted by molar-refractivity contribution is 5.94. The Morgan fingerprint density at radius 3 is 2.68 bits per heavy atom. The lowest BCUT2D eigenvalue weighted by molar-refractivity contribution is 0.0901. The Hall–Kier alpha value is -1.55. The van der Waals surface area contributed by atoms with E-state index in [9.17, 15) is 9.90 Å². The third-order valence-corrected chi connectivity index (χ3v) is 3.23. The van der Waals surface area contributed by atoms with Gasteiger partial charge in [0.15, 0.2) is 0 Å². The molecule has 0 spiro atoms. The smallest absolute Gasteiger partial charge is 0.251 e. The van der Waals surface area contributed by atoms with Crippen molar-refractivity contribution in [2.24, 2.45) is 5.92 Å². The normalized spacial score (nSPS) is 15.9. The van der Waals surface area contributed by atoms with Gasteiger partial charge in [0.2, 0.25) is 0 Å². The van der Waals surface area contributed by atoms with Crippen LogP contribution in [0.2, 0.25) is 0 Å². The molecule has 0 radical (unpaired) electrons. The largest absolute Gasteiger partial charge is 0.494 e. The molecule has 1 aromatic carbocycles. The Morgan fingerprint density at radius 1 is 1.42 bits per heavy atom. The summed E-state index contributed by atoms with van der Waals surface area (Å²) < 4.78 is 5.46. The third-order valence-electron chi connectivity index (χ3n) is 3.23. The summed E-state index contributed by atoms with van der Waals surface area (Å²) in [6, 6.07) is 7.07. The molecule has 0 bridgehead atoms. The van der Waals surface area contributed by atoms with Gasteiger partial charge in [-0.1, -0.05) is 6.92 Å². The van der Waals surface area contributed by atoms with Crippen LogP contribution in [0, 0.1) is 5.92 Å².